The van der Waals surface area contributed by atoms with Crippen LogP contribution in [0.15, 0.2) is 24.3 Å². The van der Waals surface area contributed by atoms with Gasteiger partial charge in [-0.2, -0.15) is 0 Å². The summed E-state index contributed by atoms with van der Waals surface area (Å²) in [5, 5.41) is 1.50. The lowest BCUT2D eigenvalue weighted by molar-refractivity contribution is 0.0577. The van der Waals surface area contributed by atoms with E-state index in [-0.39, 0.29) is 5.91 Å². The third kappa shape index (κ3) is 4.50. The predicted octanol–water partition coefficient (Wildman–Crippen LogP) is 4.38. The van der Waals surface area contributed by atoms with E-state index in [9.17, 15) is 4.79 Å². The Morgan fingerprint density at radius 2 is 1.86 bits per heavy atom. The van der Waals surface area contributed by atoms with Crippen molar-refractivity contribution in [1.29, 1.82) is 0 Å². The molecule has 150 valence electrons. The molecule has 0 radical (unpaired) electrons. The molecule has 1 aliphatic carbocycles. The van der Waals surface area contributed by atoms with Crippen molar-refractivity contribution in [3.63, 3.8) is 0 Å². The lowest BCUT2D eigenvalue weighted by Gasteiger charge is -2.37. The van der Waals surface area contributed by atoms with Crippen molar-refractivity contribution in [2.75, 3.05) is 26.2 Å². The predicted molar refractivity (Wildman–Crippen MR) is 112 cm³/mol. The fraction of sp³-hybridized carbons (Fsp3) is 0.524. The number of rotatable bonds is 5. The number of carbonyl (C=O) groups excluding carboxylic acids is 1. The summed E-state index contributed by atoms with van der Waals surface area (Å²) in [4.78, 5) is 22.8. The molecule has 28 heavy (non-hydrogen) atoms. The van der Waals surface area contributed by atoms with Gasteiger partial charge in [0.25, 0.3) is 5.91 Å². The molecule has 1 aromatic carbocycles. The first kappa shape index (κ1) is 19.7. The number of ether oxygens (including phenoxy) is 1. The average molecular weight is 420 g/mol. The molecule has 2 aromatic rings. The first-order valence-electron chi connectivity index (χ1n) is 9.98. The van der Waals surface area contributed by atoms with Gasteiger partial charge in [-0.1, -0.05) is 24.4 Å². The lowest BCUT2D eigenvalue weighted by Crippen LogP contribution is -2.51. The number of hydrogen-bond acceptors (Lipinski definition) is 5. The van der Waals surface area contributed by atoms with Gasteiger partial charge >= 0.3 is 0 Å². The van der Waals surface area contributed by atoms with Gasteiger partial charge in [-0.25, -0.2) is 4.98 Å². The summed E-state index contributed by atoms with van der Waals surface area (Å²) < 4.78 is 5.77. The van der Waals surface area contributed by atoms with Gasteiger partial charge in [-0.15, -0.1) is 11.3 Å². The molecule has 4 rings (SSSR count). The zero-order valence-corrected chi connectivity index (χ0v) is 17.8. The van der Waals surface area contributed by atoms with Gasteiger partial charge in [-0.3, -0.25) is 9.69 Å². The highest BCUT2D eigenvalue weighted by Crippen LogP contribution is 2.26. The summed E-state index contributed by atoms with van der Waals surface area (Å²) in [5.41, 5.74) is 0.794. The monoisotopic (exact) mass is 419 g/mol. The molecular weight excluding hydrogens is 394 g/mol. The molecular formula is C21H26ClN3O2S. The molecule has 2 fully saturated rings. The van der Waals surface area contributed by atoms with E-state index < -0.39 is 0 Å². The Balaban J connectivity index is 1.33. The minimum Gasteiger partial charge on any atom is -0.486 e. The Hall–Kier alpha value is -1.63. The van der Waals surface area contributed by atoms with E-state index in [0.29, 0.717) is 11.6 Å². The number of thiazole rings is 1. The number of hydrogen-bond donors (Lipinski definition) is 0. The minimum absolute atomic E-state index is 0.110. The molecule has 0 unspecified atom stereocenters. The normalized spacial score (nSPS) is 18.6. The molecule has 5 nitrogen and oxygen atoms in total. The Labute approximate surface area is 175 Å². The number of nitrogens with zero attached hydrogens (tertiary/aromatic N) is 3. The zero-order valence-electron chi connectivity index (χ0n) is 16.2. The van der Waals surface area contributed by atoms with Crippen LogP contribution in [0.1, 0.15) is 46.1 Å². The quantitative estimate of drug-likeness (QED) is 0.721. The van der Waals surface area contributed by atoms with Crippen molar-refractivity contribution in [2.24, 2.45) is 0 Å². The summed E-state index contributed by atoms with van der Waals surface area (Å²) >= 11 is 7.34. The van der Waals surface area contributed by atoms with E-state index in [0.717, 1.165) is 53.5 Å². The highest BCUT2D eigenvalue weighted by atomic mass is 35.5. The summed E-state index contributed by atoms with van der Waals surface area (Å²) in [5.74, 6) is 0.854. The van der Waals surface area contributed by atoms with E-state index >= 15 is 0 Å². The van der Waals surface area contributed by atoms with E-state index in [1.807, 2.05) is 24.0 Å². The van der Waals surface area contributed by atoms with Crippen molar-refractivity contribution in [3.8, 4) is 5.75 Å². The van der Waals surface area contributed by atoms with Gasteiger partial charge in [-0.05, 0) is 44.0 Å². The Morgan fingerprint density at radius 1 is 1.18 bits per heavy atom. The number of aromatic nitrogens is 1. The third-order valence-electron chi connectivity index (χ3n) is 5.65. The molecule has 0 spiro atoms. The largest absolute Gasteiger partial charge is 0.486 e. The van der Waals surface area contributed by atoms with Crippen molar-refractivity contribution in [2.45, 2.75) is 45.3 Å². The maximum atomic E-state index is 13.0. The molecule has 2 aliphatic rings. The summed E-state index contributed by atoms with van der Waals surface area (Å²) in [6, 6.07) is 7.99. The van der Waals surface area contributed by atoms with Gasteiger partial charge < -0.3 is 9.64 Å². The summed E-state index contributed by atoms with van der Waals surface area (Å²) in [7, 11) is 0. The van der Waals surface area contributed by atoms with Crippen LogP contribution in [0.5, 0.6) is 5.75 Å². The number of piperazine rings is 1. The van der Waals surface area contributed by atoms with E-state index in [2.05, 4.69) is 9.88 Å². The standard InChI is InChI=1S/C21H26ClN3O2S/c1-15-20(28-19(23-15)14-27-18-8-6-16(22)7-9-18)21(26)25-12-10-24(11-13-25)17-4-2-3-5-17/h6-9,17H,2-5,10-14H2,1H3. The third-order valence-corrected chi connectivity index (χ3v) is 7.02. The molecule has 1 saturated heterocycles. The van der Waals surface area contributed by atoms with Crippen molar-refractivity contribution < 1.29 is 9.53 Å². The fourth-order valence-corrected chi connectivity index (χ4v) is 5.16. The number of carbonyl (C=O) groups is 1. The second-order valence-electron chi connectivity index (χ2n) is 7.53. The van der Waals surface area contributed by atoms with E-state index in [1.54, 1.807) is 12.1 Å². The van der Waals surface area contributed by atoms with Gasteiger partial charge in [0, 0.05) is 37.2 Å². The van der Waals surface area contributed by atoms with Crippen LogP contribution < -0.4 is 4.74 Å². The van der Waals surface area contributed by atoms with Crippen molar-refractivity contribution in [1.82, 2.24) is 14.8 Å². The number of aryl methyl sites for hydroxylation is 1. The van der Waals surface area contributed by atoms with Crippen LogP contribution in [0.4, 0.5) is 0 Å². The summed E-state index contributed by atoms with van der Waals surface area (Å²) in [6.45, 7) is 5.86. The van der Waals surface area contributed by atoms with E-state index in [4.69, 9.17) is 16.3 Å². The molecule has 2 heterocycles. The topological polar surface area (TPSA) is 45.7 Å². The van der Waals surface area contributed by atoms with Gasteiger partial charge in [0.05, 0.1) is 5.69 Å². The number of benzene rings is 1. The summed E-state index contributed by atoms with van der Waals surface area (Å²) in [6.07, 6.45) is 5.34. The van der Waals surface area contributed by atoms with Crippen LogP contribution >= 0.6 is 22.9 Å². The first-order valence-corrected chi connectivity index (χ1v) is 11.2. The zero-order chi connectivity index (χ0) is 19.5. The maximum absolute atomic E-state index is 13.0. The molecule has 0 atom stereocenters. The van der Waals surface area contributed by atoms with Gasteiger partial charge in [0.1, 0.15) is 22.2 Å². The lowest BCUT2D eigenvalue weighted by atomic mass is 10.1. The van der Waals surface area contributed by atoms with Crippen LogP contribution in [0.2, 0.25) is 5.02 Å². The molecule has 1 amide bonds. The second kappa shape index (κ2) is 8.80. The SMILES string of the molecule is Cc1nc(COc2ccc(Cl)cc2)sc1C(=O)N1CCN(C2CCCC2)CC1. The Bertz CT molecular complexity index is 810. The van der Waals surface area contributed by atoms with Crippen LogP contribution in [0.3, 0.4) is 0 Å². The molecule has 0 bridgehead atoms. The van der Waals surface area contributed by atoms with Gasteiger partial charge in [0.2, 0.25) is 0 Å². The molecule has 1 aromatic heterocycles. The molecule has 1 aliphatic heterocycles. The van der Waals surface area contributed by atoms with Crippen molar-refractivity contribution >= 4 is 28.8 Å². The molecule has 7 heteroatoms. The molecule has 1 saturated carbocycles. The van der Waals surface area contributed by atoms with Crippen LogP contribution in [-0.2, 0) is 6.61 Å². The number of halogens is 1. The fourth-order valence-electron chi connectivity index (χ4n) is 4.09. The Kier molecular flexibility index (Phi) is 6.19. The second-order valence-corrected chi connectivity index (χ2v) is 9.05. The molecule has 0 N–H and O–H groups in total. The van der Waals surface area contributed by atoms with Gasteiger partial charge in [0.15, 0.2) is 0 Å². The first-order chi connectivity index (χ1) is 13.6. The highest BCUT2D eigenvalue weighted by Gasteiger charge is 2.29. The van der Waals surface area contributed by atoms with Crippen LogP contribution in [-0.4, -0.2) is 52.9 Å². The van der Waals surface area contributed by atoms with Crippen LogP contribution in [0.25, 0.3) is 0 Å². The van der Waals surface area contributed by atoms with Crippen molar-refractivity contribution in [3.05, 3.63) is 44.9 Å². The minimum atomic E-state index is 0.110. The highest BCUT2D eigenvalue weighted by molar-refractivity contribution is 7.13. The number of amides is 1. The maximum Gasteiger partial charge on any atom is 0.265 e. The average Bonchev–Trinajstić information content (AvgIpc) is 3.37. The van der Waals surface area contributed by atoms with E-state index in [1.165, 1.54) is 37.0 Å². The van der Waals surface area contributed by atoms with Crippen LogP contribution in [0, 0.1) is 6.92 Å². The smallest absolute Gasteiger partial charge is 0.265 e. The Morgan fingerprint density at radius 3 is 2.54 bits per heavy atom.